The van der Waals surface area contributed by atoms with Crippen molar-refractivity contribution in [2.24, 2.45) is 17.1 Å². The predicted molar refractivity (Wildman–Crippen MR) is 75.2 cm³/mol. The third kappa shape index (κ3) is 2.45. The Kier molecular flexibility index (Phi) is 3.40. The zero-order chi connectivity index (χ0) is 12.4. The van der Waals surface area contributed by atoms with Crippen molar-refractivity contribution >= 4 is 0 Å². The van der Waals surface area contributed by atoms with Crippen LogP contribution in [-0.2, 0) is 6.54 Å². The van der Waals surface area contributed by atoms with Crippen LogP contribution < -0.4 is 5.73 Å². The molecule has 98 valence electrons. The molecule has 0 unspecified atom stereocenters. The number of hydrogen-bond donors (Lipinski definition) is 1. The highest BCUT2D eigenvalue weighted by atomic mass is 15.2. The van der Waals surface area contributed by atoms with Gasteiger partial charge in [-0.3, -0.25) is 4.90 Å². The molecule has 1 aromatic rings. The molecule has 2 heteroatoms. The van der Waals surface area contributed by atoms with Crippen LogP contribution in [0.5, 0.6) is 0 Å². The highest BCUT2D eigenvalue weighted by Crippen LogP contribution is 2.47. The zero-order valence-corrected chi connectivity index (χ0v) is 11.1. The van der Waals surface area contributed by atoms with E-state index in [0.29, 0.717) is 5.41 Å². The maximum Gasteiger partial charge on any atom is 0.0233 e. The third-order valence-electron chi connectivity index (χ3n) is 4.90. The molecule has 0 aromatic heterocycles. The molecule has 0 radical (unpaired) electrons. The molecule has 1 spiro atoms. The van der Waals surface area contributed by atoms with Crippen molar-refractivity contribution < 1.29 is 0 Å². The number of benzene rings is 1. The molecule has 2 nitrogen and oxygen atoms in total. The normalized spacial score (nSPS) is 32.4. The van der Waals surface area contributed by atoms with E-state index in [4.69, 9.17) is 5.73 Å². The van der Waals surface area contributed by atoms with Gasteiger partial charge in [0.15, 0.2) is 0 Å². The lowest BCUT2D eigenvalue weighted by molar-refractivity contribution is 0.249. The molecule has 3 rings (SSSR count). The molecule has 18 heavy (non-hydrogen) atoms. The van der Waals surface area contributed by atoms with E-state index in [1.54, 1.807) is 0 Å². The van der Waals surface area contributed by atoms with E-state index >= 15 is 0 Å². The fourth-order valence-electron chi connectivity index (χ4n) is 3.90. The van der Waals surface area contributed by atoms with E-state index in [-0.39, 0.29) is 0 Å². The average molecular weight is 244 g/mol. The van der Waals surface area contributed by atoms with Gasteiger partial charge in [0.2, 0.25) is 0 Å². The van der Waals surface area contributed by atoms with Crippen molar-refractivity contribution in [3.8, 4) is 0 Å². The Morgan fingerprint density at radius 1 is 1.22 bits per heavy atom. The van der Waals surface area contributed by atoms with E-state index in [1.807, 2.05) is 0 Å². The summed E-state index contributed by atoms with van der Waals surface area (Å²) >= 11 is 0. The first-order valence-corrected chi connectivity index (χ1v) is 7.26. The van der Waals surface area contributed by atoms with Crippen LogP contribution in [0.25, 0.3) is 0 Å². The van der Waals surface area contributed by atoms with E-state index in [1.165, 1.54) is 44.3 Å². The second kappa shape index (κ2) is 5.02. The summed E-state index contributed by atoms with van der Waals surface area (Å²) in [5.41, 5.74) is 7.89. The largest absolute Gasteiger partial charge is 0.330 e. The number of nitrogens with zero attached hydrogens (tertiary/aromatic N) is 1. The molecule has 1 saturated heterocycles. The molecule has 0 amide bonds. The molecule has 2 aliphatic rings. The topological polar surface area (TPSA) is 29.3 Å². The van der Waals surface area contributed by atoms with Gasteiger partial charge in [-0.15, -0.1) is 0 Å². The molecule has 1 aliphatic carbocycles. The van der Waals surface area contributed by atoms with Crippen LogP contribution in [0.15, 0.2) is 30.3 Å². The molecule has 1 heterocycles. The zero-order valence-electron chi connectivity index (χ0n) is 11.1. The van der Waals surface area contributed by atoms with E-state index in [9.17, 15) is 0 Å². The summed E-state index contributed by atoms with van der Waals surface area (Å²) in [4.78, 5) is 2.63. The summed E-state index contributed by atoms with van der Waals surface area (Å²) in [6.45, 7) is 4.57. The molecule has 1 saturated carbocycles. The lowest BCUT2D eigenvalue weighted by atomic mass is 9.84. The van der Waals surface area contributed by atoms with Crippen LogP contribution in [0.4, 0.5) is 0 Å². The second-order valence-electron chi connectivity index (χ2n) is 6.29. The monoisotopic (exact) mass is 244 g/mol. The van der Waals surface area contributed by atoms with Crippen LogP contribution >= 0.6 is 0 Å². The first-order chi connectivity index (χ1) is 8.80. The SMILES string of the molecule is NC[C@@H]1CC[C@@]2(CCN(Cc3ccccc3)C2)C1. The van der Waals surface area contributed by atoms with Gasteiger partial charge >= 0.3 is 0 Å². The van der Waals surface area contributed by atoms with Gasteiger partial charge in [0.1, 0.15) is 0 Å². The second-order valence-corrected chi connectivity index (χ2v) is 6.29. The van der Waals surface area contributed by atoms with Crippen molar-refractivity contribution in [1.29, 1.82) is 0 Å². The summed E-state index contributed by atoms with van der Waals surface area (Å²) in [5, 5.41) is 0. The van der Waals surface area contributed by atoms with Crippen LogP contribution in [0, 0.1) is 11.3 Å². The highest BCUT2D eigenvalue weighted by molar-refractivity contribution is 5.15. The van der Waals surface area contributed by atoms with Gasteiger partial charge < -0.3 is 5.73 Å². The van der Waals surface area contributed by atoms with Gasteiger partial charge in [0, 0.05) is 13.1 Å². The number of likely N-dealkylation sites (tertiary alicyclic amines) is 1. The van der Waals surface area contributed by atoms with Crippen molar-refractivity contribution in [2.45, 2.75) is 32.2 Å². The van der Waals surface area contributed by atoms with Crippen molar-refractivity contribution in [1.82, 2.24) is 4.90 Å². The van der Waals surface area contributed by atoms with Crippen LogP contribution in [0.2, 0.25) is 0 Å². The third-order valence-corrected chi connectivity index (χ3v) is 4.90. The van der Waals surface area contributed by atoms with Gasteiger partial charge in [-0.1, -0.05) is 30.3 Å². The van der Waals surface area contributed by atoms with Crippen molar-refractivity contribution in [3.63, 3.8) is 0 Å². The van der Waals surface area contributed by atoms with Gasteiger partial charge in [0.25, 0.3) is 0 Å². The Labute approximate surface area is 110 Å². The Bertz CT molecular complexity index is 389. The summed E-state index contributed by atoms with van der Waals surface area (Å²) in [5.74, 6) is 0.793. The minimum Gasteiger partial charge on any atom is -0.330 e. The Balaban J connectivity index is 1.59. The van der Waals surface area contributed by atoms with E-state index in [0.717, 1.165) is 19.0 Å². The van der Waals surface area contributed by atoms with Gasteiger partial charge in [-0.05, 0) is 55.7 Å². The highest BCUT2D eigenvalue weighted by Gasteiger charge is 2.43. The molecule has 1 aliphatic heterocycles. The lowest BCUT2D eigenvalue weighted by Gasteiger charge is -2.24. The van der Waals surface area contributed by atoms with Crippen molar-refractivity contribution in [2.75, 3.05) is 19.6 Å². The van der Waals surface area contributed by atoms with Gasteiger partial charge in [0.05, 0.1) is 0 Å². The quantitative estimate of drug-likeness (QED) is 0.885. The summed E-state index contributed by atoms with van der Waals surface area (Å²) in [6, 6.07) is 10.9. The molecule has 2 fully saturated rings. The predicted octanol–water partition coefficient (Wildman–Crippen LogP) is 2.64. The molecular weight excluding hydrogens is 220 g/mol. The lowest BCUT2D eigenvalue weighted by Crippen LogP contribution is -2.25. The van der Waals surface area contributed by atoms with Crippen molar-refractivity contribution in [3.05, 3.63) is 35.9 Å². The standard InChI is InChI=1S/C16H24N2/c17-11-15-6-7-16(10-15)8-9-18(13-16)12-14-4-2-1-3-5-14/h1-5,15H,6-13,17H2/t15-,16-/m1/s1. The Morgan fingerprint density at radius 2 is 2.06 bits per heavy atom. The van der Waals surface area contributed by atoms with E-state index in [2.05, 4.69) is 35.2 Å². The number of nitrogens with two attached hydrogens (primary N) is 1. The van der Waals surface area contributed by atoms with Gasteiger partial charge in [-0.2, -0.15) is 0 Å². The Morgan fingerprint density at radius 3 is 2.78 bits per heavy atom. The first-order valence-electron chi connectivity index (χ1n) is 7.26. The molecule has 0 bridgehead atoms. The van der Waals surface area contributed by atoms with Crippen LogP contribution in [-0.4, -0.2) is 24.5 Å². The minimum atomic E-state index is 0.610. The molecule has 2 atom stereocenters. The first kappa shape index (κ1) is 12.2. The summed E-state index contributed by atoms with van der Waals surface area (Å²) in [6.07, 6.45) is 5.51. The smallest absolute Gasteiger partial charge is 0.0233 e. The number of hydrogen-bond acceptors (Lipinski definition) is 2. The summed E-state index contributed by atoms with van der Waals surface area (Å²) in [7, 11) is 0. The minimum absolute atomic E-state index is 0.610. The maximum absolute atomic E-state index is 5.83. The fraction of sp³-hybridized carbons (Fsp3) is 0.625. The maximum atomic E-state index is 5.83. The molecule has 1 aromatic carbocycles. The number of rotatable bonds is 3. The average Bonchev–Trinajstić information content (AvgIpc) is 2.99. The molecular formula is C16H24N2. The van der Waals surface area contributed by atoms with Crippen LogP contribution in [0.3, 0.4) is 0 Å². The van der Waals surface area contributed by atoms with Gasteiger partial charge in [-0.25, -0.2) is 0 Å². The fourth-order valence-corrected chi connectivity index (χ4v) is 3.90. The molecule has 2 N–H and O–H groups in total. The van der Waals surface area contributed by atoms with E-state index < -0.39 is 0 Å². The Hall–Kier alpha value is -0.860. The summed E-state index contributed by atoms with van der Waals surface area (Å²) < 4.78 is 0. The van der Waals surface area contributed by atoms with Crippen LogP contribution in [0.1, 0.15) is 31.2 Å².